The molecule has 1 atom stereocenters. The Bertz CT molecular complexity index is 446. The quantitative estimate of drug-likeness (QED) is 0.776. The number of hydrogen-bond acceptors (Lipinski definition) is 1. The van der Waals surface area contributed by atoms with Crippen molar-refractivity contribution in [2.75, 3.05) is 0 Å². The minimum Gasteiger partial charge on any atom is -0.324 e. The molecule has 0 heterocycles. The molecule has 1 nitrogen and oxygen atoms in total. The van der Waals surface area contributed by atoms with Gasteiger partial charge in [-0.25, -0.2) is 0 Å². The van der Waals surface area contributed by atoms with E-state index >= 15 is 0 Å². The third-order valence-corrected chi connectivity index (χ3v) is 3.28. The van der Waals surface area contributed by atoms with E-state index in [1.807, 2.05) is 6.07 Å². The maximum atomic E-state index is 6.20. The Morgan fingerprint density at radius 2 is 1.76 bits per heavy atom. The summed E-state index contributed by atoms with van der Waals surface area (Å²) in [6.07, 6.45) is 5.48. The van der Waals surface area contributed by atoms with Crippen LogP contribution in [0.4, 0.5) is 0 Å². The first kappa shape index (κ1) is 12.1. The second kappa shape index (κ2) is 4.50. The largest absolute Gasteiger partial charge is 0.324 e. The van der Waals surface area contributed by atoms with Gasteiger partial charge in [-0.2, -0.15) is 0 Å². The Kier molecular flexibility index (Phi) is 3.21. The van der Waals surface area contributed by atoms with Crippen LogP contribution in [0.25, 0.3) is 5.57 Å². The fraction of sp³-hybridized carbons (Fsp3) is 0.375. The predicted octanol–water partition coefficient (Wildman–Crippen LogP) is 3.77. The van der Waals surface area contributed by atoms with Crippen LogP contribution >= 0.6 is 0 Å². The van der Waals surface area contributed by atoms with Gasteiger partial charge in [0.15, 0.2) is 0 Å². The van der Waals surface area contributed by atoms with E-state index < -0.39 is 0 Å². The Morgan fingerprint density at radius 1 is 1.12 bits per heavy atom. The zero-order valence-corrected chi connectivity index (χ0v) is 10.9. The first-order chi connectivity index (χ1) is 7.98. The van der Waals surface area contributed by atoms with E-state index in [0.717, 1.165) is 6.42 Å². The smallest absolute Gasteiger partial charge is 0.0336 e. The summed E-state index contributed by atoms with van der Waals surface area (Å²) in [5.74, 6) is 0. The van der Waals surface area contributed by atoms with Crippen molar-refractivity contribution in [3.63, 3.8) is 0 Å². The number of hydrogen-bond donors (Lipinski definition) is 1. The molecule has 0 radical (unpaired) electrons. The van der Waals surface area contributed by atoms with Crippen LogP contribution in [-0.4, -0.2) is 6.04 Å². The first-order valence-corrected chi connectivity index (χ1v) is 6.22. The normalized spacial score (nSPS) is 20.8. The molecule has 1 aliphatic carbocycles. The van der Waals surface area contributed by atoms with Gasteiger partial charge in [0.1, 0.15) is 0 Å². The maximum Gasteiger partial charge on any atom is 0.0336 e. The summed E-state index contributed by atoms with van der Waals surface area (Å²) in [4.78, 5) is 0. The molecule has 1 aromatic carbocycles. The second-order valence-corrected chi connectivity index (χ2v) is 5.72. The van der Waals surface area contributed by atoms with Crippen LogP contribution in [0.1, 0.15) is 32.8 Å². The van der Waals surface area contributed by atoms with E-state index in [0.29, 0.717) is 0 Å². The van der Waals surface area contributed by atoms with E-state index in [9.17, 15) is 0 Å². The molecule has 0 bridgehead atoms. The summed E-state index contributed by atoms with van der Waals surface area (Å²) in [6, 6.07) is 10.6. The molecular weight excluding hydrogens is 206 g/mol. The van der Waals surface area contributed by atoms with Crippen LogP contribution in [0.2, 0.25) is 0 Å². The lowest BCUT2D eigenvalue weighted by molar-refractivity contribution is 0.511. The van der Waals surface area contributed by atoms with E-state index in [-0.39, 0.29) is 11.5 Å². The van der Waals surface area contributed by atoms with Crippen molar-refractivity contribution in [2.24, 2.45) is 11.1 Å². The minimum atomic E-state index is 0.128. The van der Waals surface area contributed by atoms with E-state index in [1.54, 1.807) is 0 Å². The van der Waals surface area contributed by atoms with Crippen molar-refractivity contribution in [2.45, 2.75) is 33.2 Å². The molecule has 90 valence electrons. The van der Waals surface area contributed by atoms with Gasteiger partial charge < -0.3 is 5.73 Å². The standard InChI is InChI=1S/C16H21N/c1-16(2,3)13-9-10-15(17)14(11-13)12-7-5-4-6-8-12/h4-9,11,15H,10,17H2,1-3H3. The first-order valence-electron chi connectivity index (χ1n) is 6.22. The van der Waals surface area contributed by atoms with Gasteiger partial charge in [0, 0.05) is 6.04 Å². The van der Waals surface area contributed by atoms with Crippen LogP contribution < -0.4 is 5.73 Å². The summed E-state index contributed by atoms with van der Waals surface area (Å²) < 4.78 is 0. The second-order valence-electron chi connectivity index (χ2n) is 5.72. The van der Waals surface area contributed by atoms with Gasteiger partial charge in [-0.05, 0) is 28.5 Å². The molecule has 0 fully saturated rings. The third kappa shape index (κ3) is 2.67. The molecule has 1 heteroatoms. The summed E-state index contributed by atoms with van der Waals surface area (Å²) >= 11 is 0. The van der Waals surface area contributed by atoms with Gasteiger partial charge in [0.05, 0.1) is 0 Å². The maximum absolute atomic E-state index is 6.20. The van der Waals surface area contributed by atoms with E-state index in [4.69, 9.17) is 5.73 Å². The van der Waals surface area contributed by atoms with Gasteiger partial charge >= 0.3 is 0 Å². The lowest BCUT2D eigenvalue weighted by atomic mass is 9.79. The molecule has 2 N–H and O–H groups in total. The molecule has 1 aliphatic rings. The molecule has 1 unspecified atom stereocenters. The lowest BCUT2D eigenvalue weighted by Gasteiger charge is -2.28. The van der Waals surface area contributed by atoms with E-state index in [2.05, 4.69) is 57.2 Å². The molecule has 0 aliphatic heterocycles. The summed E-state index contributed by atoms with van der Waals surface area (Å²) in [6.45, 7) is 6.73. The molecule has 17 heavy (non-hydrogen) atoms. The van der Waals surface area contributed by atoms with Crippen LogP contribution in [0.5, 0.6) is 0 Å². The average Bonchev–Trinajstić information content (AvgIpc) is 2.29. The monoisotopic (exact) mass is 227 g/mol. The molecular formula is C16H21N. The minimum absolute atomic E-state index is 0.128. The fourth-order valence-electron chi connectivity index (χ4n) is 2.17. The molecule has 0 saturated carbocycles. The highest BCUT2D eigenvalue weighted by molar-refractivity contribution is 5.73. The van der Waals surface area contributed by atoms with Gasteiger partial charge in [0.25, 0.3) is 0 Å². The Hall–Kier alpha value is -1.34. The highest BCUT2D eigenvalue weighted by Crippen LogP contribution is 2.34. The topological polar surface area (TPSA) is 26.0 Å². The van der Waals surface area contributed by atoms with Crippen LogP contribution in [0.15, 0.2) is 48.1 Å². The van der Waals surface area contributed by atoms with Crippen LogP contribution in [0.3, 0.4) is 0 Å². The van der Waals surface area contributed by atoms with Gasteiger partial charge in [-0.1, -0.05) is 63.3 Å². The number of allylic oxidation sites excluding steroid dienone is 2. The molecule has 0 spiro atoms. The highest BCUT2D eigenvalue weighted by Gasteiger charge is 2.22. The summed E-state index contributed by atoms with van der Waals surface area (Å²) in [5.41, 5.74) is 10.3. The molecule has 2 rings (SSSR count). The van der Waals surface area contributed by atoms with Crippen LogP contribution in [-0.2, 0) is 0 Å². The molecule has 0 aromatic heterocycles. The number of rotatable bonds is 1. The van der Waals surface area contributed by atoms with Crippen molar-refractivity contribution in [3.05, 3.63) is 53.6 Å². The molecule has 0 saturated heterocycles. The Morgan fingerprint density at radius 3 is 2.35 bits per heavy atom. The van der Waals surface area contributed by atoms with Gasteiger partial charge in [0.2, 0.25) is 0 Å². The Balaban J connectivity index is 2.39. The van der Waals surface area contributed by atoms with Crippen molar-refractivity contribution in [1.29, 1.82) is 0 Å². The predicted molar refractivity (Wildman–Crippen MR) is 74.5 cm³/mol. The van der Waals surface area contributed by atoms with E-state index in [1.165, 1.54) is 16.7 Å². The third-order valence-electron chi connectivity index (χ3n) is 3.28. The van der Waals surface area contributed by atoms with Crippen molar-refractivity contribution >= 4 is 5.57 Å². The summed E-state index contributed by atoms with van der Waals surface area (Å²) in [5, 5.41) is 0. The summed E-state index contributed by atoms with van der Waals surface area (Å²) in [7, 11) is 0. The number of nitrogens with two attached hydrogens (primary N) is 1. The zero-order chi connectivity index (χ0) is 12.5. The van der Waals surface area contributed by atoms with Crippen LogP contribution in [0, 0.1) is 5.41 Å². The van der Waals surface area contributed by atoms with Crippen molar-refractivity contribution in [3.8, 4) is 0 Å². The SMILES string of the molecule is CC(C)(C)C1=CCC(N)C(c2ccccc2)=C1. The average molecular weight is 227 g/mol. The fourth-order valence-corrected chi connectivity index (χ4v) is 2.17. The Labute approximate surface area is 104 Å². The van der Waals surface area contributed by atoms with Crippen molar-refractivity contribution < 1.29 is 0 Å². The number of benzene rings is 1. The lowest BCUT2D eigenvalue weighted by Crippen LogP contribution is -2.25. The molecule has 0 amide bonds. The highest BCUT2D eigenvalue weighted by atomic mass is 14.6. The molecule has 1 aromatic rings. The zero-order valence-electron chi connectivity index (χ0n) is 10.9. The van der Waals surface area contributed by atoms with Crippen molar-refractivity contribution in [1.82, 2.24) is 0 Å². The van der Waals surface area contributed by atoms with Gasteiger partial charge in [-0.3, -0.25) is 0 Å². The van der Waals surface area contributed by atoms with Gasteiger partial charge in [-0.15, -0.1) is 0 Å².